The second-order valence-electron chi connectivity index (χ2n) is 5.30. The van der Waals surface area contributed by atoms with Crippen LogP contribution in [0.5, 0.6) is 0 Å². The first-order valence-electron chi connectivity index (χ1n) is 6.58. The Morgan fingerprint density at radius 1 is 1.11 bits per heavy atom. The van der Waals surface area contributed by atoms with Crippen molar-refractivity contribution < 1.29 is 8.42 Å². The lowest BCUT2D eigenvalue weighted by atomic mass is 9.87. The van der Waals surface area contributed by atoms with Gasteiger partial charge >= 0.3 is 0 Å². The van der Waals surface area contributed by atoms with Crippen molar-refractivity contribution in [2.75, 3.05) is 0 Å². The highest BCUT2D eigenvalue weighted by Crippen LogP contribution is 2.25. The van der Waals surface area contributed by atoms with Crippen LogP contribution in [0.15, 0.2) is 29.2 Å². The van der Waals surface area contributed by atoms with Gasteiger partial charge in [-0.1, -0.05) is 37.5 Å². The van der Waals surface area contributed by atoms with Crippen molar-refractivity contribution >= 4 is 10.0 Å². The maximum atomic E-state index is 12.2. The maximum absolute atomic E-state index is 12.2. The van der Waals surface area contributed by atoms with E-state index in [1.165, 1.54) is 6.42 Å². The molecule has 1 N–H and O–H groups in total. The number of benzene rings is 1. The molecule has 1 aliphatic rings. The third-order valence-corrected chi connectivity index (χ3v) is 5.26. The zero-order valence-electron chi connectivity index (χ0n) is 11.0. The number of hydrogen-bond donors (Lipinski definition) is 1. The Morgan fingerprint density at radius 2 is 1.72 bits per heavy atom. The summed E-state index contributed by atoms with van der Waals surface area (Å²) in [5.41, 5.74) is 1.07. The highest BCUT2D eigenvalue weighted by atomic mass is 32.2. The van der Waals surface area contributed by atoms with Crippen LogP contribution < -0.4 is 4.72 Å². The summed E-state index contributed by atoms with van der Waals surface area (Å²) in [4.78, 5) is 0.367. The van der Waals surface area contributed by atoms with E-state index in [1.807, 2.05) is 19.1 Å². The first-order chi connectivity index (χ1) is 8.49. The van der Waals surface area contributed by atoms with E-state index in [4.69, 9.17) is 0 Å². The van der Waals surface area contributed by atoms with Crippen LogP contribution in [0.3, 0.4) is 0 Å². The standard InChI is InChI=1S/C14H21NO2S/c1-11-7-9-13(10-8-11)18(16,17)15-14-6-4-3-5-12(14)2/h7-10,12,14-15H,3-6H2,1-2H3/t12-,14+/m1/s1. The van der Waals surface area contributed by atoms with Gasteiger partial charge in [0.1, 0.15) is 0 Å². The van der Waals surface area contributed by atoms with Crippen LogP contribution in [-0.2, 0) is 10.0 Å². The predicted molar refractivity (Wildman–Crippen MR) is 72.9 cm³/mol. The lowest BCUT2D eigenvalue weighted by Crippen LogP contribution is -2.40. The molecule has 0 aliphatic heterocycles. The third-order valence-electron chi connectivity index (χ3n) is 3.75. The maximum Gasteiger partial charge on any atom is 0.240 e. The molecule has 0 saturated heterocycles. The van der Waals surface area contributed by atoms with E-state index in [9.17, 15) is 8.42 Å². The fraction of sp³-hybridized carbons (Fsp3) is 0.571. The largest absolute Gasteiger partial charge is 0.240 e. The Kier molecular flexibility index (Phi) is 4.07. The normalized spacial score (nSPS) is 25.0. The van der Waals surface area contributed by atoms with Crippen molar-refractivity contribution in [3.8, 4) is 0 Å². The molecule has 18 heavy (non-hydrogen) atoms. The molecule has 3 nitrogen and oxygen atoms in total. The fourth-order valence-corrected chi connectivity index (χ4v) is 3.86. The second kappa shape index (κ2) is 5.41. The minimum absolute atomic E-state index is 0.0880. The van der Waals surface area contributed by atoms with Crippen molar-refractivity contribution in [2.45, 2.75) is 50.5 Å². The predicted octanol–water partition coefficient (Wildman–Crippen LogP) is 2.85. The van der Waals surface area contributed by atoms with E-state index in [-0.39, 0.29) is 6.04 Å². The van der Waals surface area contributed by atoms with Gasteiger partial charge in [-0.25, -0.2) is 13.1 Å². The number of rotatable bonds is 3. The molecule has 0 unspecified atom stereocenters. The Labute approximate surface area is 110 Å². The highest BCUT2D eigenvalue weighted by molar-refractivity contribution is 7.89. The summed E-state index contributed by atoms with van der Waals surface area (Å²) in [6, 6.07) is 7.10. The molecular weight excluding hydrogens is 246 g/mol. The summed E-state index contributed by atoms with van der Waals surface area (Å²) in [5, 5.41) is 0. The molecule has 4 heteroatoms. The fourth-order valence-electron chi connectivity index (χ4n) is 2.48. The Hall–Kier alpha value is -0.870. The third kappa shape index (κ3) is 3.12. The zero-order chi connectivity index (χ0) is 13.2. The first kappa shape index (κ1) is 13.6. The lowest BCUT2D eigenvalue weighted by Gasteiger charge is -2.29. The van der Waals surface area contributed by atoms with Gasteiger partial charge in [0.25, 0.3) is 0 Å². The molecule has 100 valence electrons. The lowest BCUT2D eigenvalue weighted by molar-refractivity contribution is 0.310. The SMILES string of the molecule is Cc1ccc(S(=O)(=O)N[C@H]2CCCC[C@H]2C)cc1. The summed E-state index contributed by atoms with van der Waals surface area (Å²) in [5.74, 6) is 0.430. The van der Waals surface area contributed by atoms with Gasteiger partial charge in [-0.05, 0) is 37.8 Å². The second-order valence-corrected chi connectivity index (χ2v) is 7.02. The molecule has 0 bridgehead atoms. The monoisotopic (exact) mass is 267 g/mol. The van der Waals surface area contributed by atoms with E-state index >= 15 is 0 Å². The zero-order valence-corrected chi connectivity index (χ0v) is 11.8. The minimum Gasteiger partial charge on any atom is -0.208 e. The molecule has 0 aromatic heterocycles. The molecule has 0 spiro atoms. The van der Waals surface area contributed by atoms with E-state index < -0.39 is 10.0 Å². The number of aryl methyl sites for hydroxylation is 1. The van der Waals surface area contributed by atoms with Crippen molar-refractivity contribution in [1.29, 1.82) is 0 Å². The molecule has 2 atom stereocenters. The molecule has 0 heterocycles. The van der Waals surface area contributed by atoms with Gasteiger partial charge in [0.05, 0.1) is 4.90 Å². The van der Waals surface area contributed by atoms with Crippen LogP contribution in [0.4, 0.5) is 0 Å². The molecule has 1 saturated carbocycles. The van der Waals surface area contributed by atoms with E-state index in [2.05, 4.69) is 11.6 Å². The number of sulfonamides is 1. The van der Waals surface area contributed by atoms with Crippen LogP contribution in [0, 0.1) is 12.8 Å². The first-order valence-corrected chi connectivity index (χ1v) is 8.06. The summed E-state index contributed by atoms with van der Waals surface area (Å²) >= 11 is 0. The van der Waals surface area contributed by atoms with E-state index in [0.717, 1.165) is 24.8 Å². The summed E-state index contributed by atoms with van der Waals surface area (Å²) in [6.07, 6.45) is 4.39. The molecule has 1 aliphatic carbocycles. The molecule has 0 amide bonds. The van der Waals surface area contributed by atoms with Gasteiger partial charge in [-0.15, -0.1) is 0 Å². The Balaban J connectivity index is 2.13. The average Bonchev–Trinajstić information content (AvgIpc) is 2.32. The van der Waals surface area contributed by atoms with Gasteiger partial charge in [0, 0.05) is 6.04 Å². The van der Waals surface area contributed by atoms with Crippen LogP contribution in [0.25, 0.3) is 0 Å². The van der Waals surface area contributed by atoms with Crippen molar-refractivity contribution in [3.63, 3.8) is 0 Å². The van der Waals surface area contributed by atoms with Crippen LogP contribution >= 0.6 is 0 Å². The molecule has 1 aromatic rings. The van der Waals surface area contributed by atoms with E-state index in [1.54, 1.807) is 12.1 Å². The van der Waals surface area contributed by atoms with Crippen LogP contribution in [-0.4, -0.2) is 14.5 Å². The molecule has 1 fully saturated rings. The molecule has 2 rings (SSSR count). The minimum atomic E-state index is -3.36. The van der Waals surface area contributed by atoms with Crippen LogP contribution in [0.1, 0.15) is 38.2 Å². The topological polar surface area (TPSA) is 46.2 Å². The number of hydrogen-bond acceptors (Lipinski definition) is 2. The van der Waals surface area contributed by atoms with Gasteiger partial charge in [-0.2, -0.15) is 0 Å². The van der Waals surface area contributed by atoms with Gasteiger partial charge < -0.3 is 0 Å². The molecule has 0 radical (unpaired) electrons. The van der Waals surface area contributed by atoms with Crippen molar-refractivity contribution in [1.82, 2.24) is 4.72 Å². The molecule has 1 aromatic carbocycles. The Bertz CT molecular complexity index is 493. The average molecular weight is 267 g/mol. The smallest absolute Gasteiger partial charge is 0.208 e. The van der Waals surface area contributed by atoms with Crippen LogP contribution in [0.2, 0.25) is 0 Å². The van der Waals surface area contributed by atoms with Gasteiger partial charge in [0.15, 0.2) is 0 Å². The number of nitrogens with one attached hydrogen (secondary N) is 1. The van der Waals surface area contributed by atoms with Gasteiger partial charge in [0.2, 0.25) is 10.0 Å². The van der Waals surface area contributed by atoms with Crippen molar-refractivity contribution in [3.05, 3.63) is 29.8 Å². The summed E-state index contributed by atoms with van der Waals surface area (Å²) in [7, 11) is -3.36. The molecular formula is C14H21NO2S. The summed E-state index contributed by atoms with van der Waals surface area (Å²) < 4.78 is 27.3. The Morgan fingerprint density at radius 3 is 2.33 bits per heavy atom. The summed E-state index contributed by atoms with van der Waals surface area (Å²) in [6.45, 7) is 4.08. The quantitative estimate of drug-likeness (QED) is 0.915. The van der Waals surface area contributed by atoms with Crippen molar-refractivity contribution in [2.24, 2.45) is 5.92 Å². The van der Waals surface area contributed by atoms with E-state index in [0.29, 0.717) is 10.8 Å². The highest BCUT2D eigenvalue weighted by Gasteiger charge is 2.26. The van der Waals surface area contributed by atoms with Gasteiger partial charge in [-0.3, -0.25) is 0 Å².